The van der Waals surface area contributed by atoms with Crippen molar-refractivity contribution in [2.75, 3.05) is 0 Å². The predicted molar refractivity (Wildman–Crippen MR) is 437 cm³/mol. The lowest BCUT2D eigenvalue weighted by molar-refractivity contribution is -0.179. The van der Waals surface area contributed by atoms with E-state index in [1.165, 1.54) is 83.5 Å². The van der Waals surface area contributed by atoms with E-state index in [4.69, 9.17) is 23.7 Å². The molecule has 0 amide bonds. The van der Waals surface area contributed by atoms with E-state index >= 15 is 0 Å². The first-order valence-electron chi connectivity index (χ1n) is 35.8. The van der Waals surface area contributed by atoms with Crippen molar-refractivity contribution in [2.45, 2.75) is 472 Å². The maximum absolute atomic E-state index is 12.6. The highest BCUT2D eigenvalue weighted by Crippen LogP contribution is 2.70. The van der Waals surface area contributed by atoms with Crippen LogP contribution >= 0.6 is 0 Å². The van der Waals surface area contributed by atoms with Gasteiger partial charge in [-0.25, -0.2) is 0 Å². The molecule has 7 unspecified atom stereocenters. The molecular weight excluding hydrogens is 1200 g/mol. The van der Waals surface area contributed by atoms with Gasteiger partial charge < -0.3 is 23.7 Å². The lowest BCUT2D eigenvalue weighted by Crippen LogP contribution is -2.47. The molecule has 0 aromatic carbocycles. The van der Waals surface area contributed by atoms with Crippen molar-refractivity contribution in [1.29, 1.82) is 0 Å². The van der Waals surface area contributed by atoms with Crippen LogP contribution < -0.4 is 0 Å². The third-order valence-electron chi connectivity index (χ3n) is 20.9. The summed E-state index contributed by atoms with van der Waals surface area (Å²) >= 11 is 0. The summed E-state index contributed by atoms with van der Waals surface area (Å²) in [5, 5.41) is 0. The highest BCUT2D eigenvalue weighted by Gasteiger charge is 2.67. The minimum absolute atomic E-state index is 0. The fourth-order valence-corrected chi connectivity index (χ4v) is 12.9. The zero-order chi connectivity index (χ0) is 67.7. The molecule has 7 aliphatic carbocycles. The number of carbonyl (C=O) groups excluding carboxylic acids is 5. The molecule has 7 saturated carbocycles. The molecule has 0 radical (unpaired) electrons. The maximum atomic E-state index is 12.6. The van der Waals surface area contributed by atoms with E-state index in [9.17, 15) is 24.0 Å². The van der Waals surface area contributed by atoms with Crippen molar-refractivity contribution in [3.05, 3.63) is 0 Å². The summed E-state index contributed by atoms with van der Waals surface area (Å²) < 4.78 is 28.5. The number of fused-ring (bicyclic) bond motifs is 9. The summed E-state index contributed by atoms with van der Waals surface area (Å²) in [6.45, 7) is 61.9. The van der Waals surface area contributed by atoms with Crippen LogP contribution in [0, 0.1) is 68.5 Å². The fourth-order valence-electron chi connectivity index (χ4n) is 12.9. The summed E-state index contributed by atoms with van der Waals surface area (Å²) in [7, 11) is 0. The second-order valence-electron chi connectivity index (χ2n) is 31.1. The van der Waals surface area contributed by atoms with Gasteiger partial charge in [-0.15, -0.1) is 0 Å². The topological polar surface area (TPSA) is 132 Å². The Morgan fingerprint density at radius 2 is 0.619 bits per heavy atom. The quantitative estimate of drug-likeness (QED) is 0.0887. The number of hydrogen-bond acceptors (Lipinski definition) is 10. The van der Waals surface area contributed by atoms with Crippen LogP contribution in [-0.4, -0.2) is 57.9 Å². The molecule has 598 valence electrons. The summed E-state index contributed by atoms with van der Waals surface area (Å²) in [5.74, 6) is 5.67. The Bertz CT molecular complexity index is 1950. The molecule has 7 rings (SSSR count). The van der Waals surface area contributed by atoms with Crippen LogP contribution in [0.15, 0.2) is 0 Å². The van der Waals surface area contributed by atoms with Crippen molar-refractivity contribution < 1.29 is 47.7 Å². The van der Waals surface area contributed by atoms with E-state index in [2.05, 4.69) is 41.5 Å². The smallest absolute Gasteiger partial charge is 0.312 e. The van der Waals surface area contributed by atoms with Gasteiger partial charge >= 0.3 is 29.8 Å². The Morgan fingerprint density at radius 1 is 0.340 bits per heavy atom. The van der Waals surface area contributed by atoms with E-state index in [-0.39, 0.29) is 167 Å². The van der Waals surface area contributed by atoms with Crippen molar-refractivity contribution in [2.24, 2.45) is 68.5 Å². The third kappa shape index (κ3) is 37.9. The van der Waals surface area contributed by atoms with Crippen LogP contribution in [0.2, 0.25) is 0 Å². The van der Waals surface area contributed by atoms with Gasteiger partial charge in [0, 0.05) is 5.92 Å². The van der Waals surface area contributed by atoms with Crippen molar-refractivity contribution in [3.63, 3.8) is 0 Å². The molecule has 10 nitrogen and oxygen atoms in total. The van der Waals surface area contributed by atoms with Crippen molar-refractivity contribution in [3.8, 4) is 0 Å². The van der Waals surface area contributed by atoms with Crippen LogP contribution in [0.5, 0.6) is 0 Å². The highest BCUT2D eigenvalue weighted by molar-refractivity contribution is 5.78. The first-order valence-corrected chi connectivity index (χ1v) is 35.8. The molecule has 7 aliphatic rings. The van der Waals surface area contributed by atoms with E-state index < -0.39 is 0 Å². The maximum Gasteiger partial charge on any atom is 0.312 e. The van der Waals surface area contributed by atoms with Crippen LogP contribution in [0.1, 0.15) is 444 Å². The molecule has 7 fully saturated rings. The van der Waals surface area contributed by atoms with Gasteiger partial charge in [-0.2, -0.15) is 0 Å². The van der Waals surface area contributed by atoms with Crippen molar-refractivity contribution >= 4 is 29.8 Å². The summed E-state index contributed by atoms with van der Waals surface area (Å²) in [5.41, 5.74) is -2.90. The normalized spacial score (nSPS) is 22.1. The van der Waals surface area contributed by atoms with Crippen LogP contribution in [0.25, 0.3) is 0 Å². The molecule has 0 heterocycles. The first-order chi connectivity index (χ1) is 39.6. The molecule has 0 aliphatic heterocycles. The number of ether oxygens (including phenoxy) is 5. The monoisotopic (exact) mass is 1400 g/mol. The molecular formula is C87H190O10. The number of hydrogen-bond donors (Lipinski definition) is 0. The Balaban J connectivity index is -0.0000000791. The molecule has 4 bridgehead atoms. The minimum Gasteiger partial charge on any atom is -0.460 e. The van der Waals surface area contributed by atoms with Gasteiger partial charge in [0.1, 0.15) is 28.0 Å². The van der Waals surface area contributed by atoms with Gasteiger partial charge in [-0.1, -0.05) is 191 Å². The van der Waals surface area contributed by atoms with Crippen LogP contribution in [0.4, 0.5) is 0 Å². The van der Waals surface area contributed by atoms with Crippen LogP contribution in [-0.2, 0) is 47.7 Å². The number of rotatable bonds is 15. The predicted octanol–water partition coefficient (Wildman–Crippen LogP) is 29.2. The lowest BCUT2D eigenvalue weighted by Gasteiger charge is -2.45. The molecule has 7 atom stereocenters. The average Bonchev–Trinajstić information content (AvgIpc) is 1.54. The van der Waals surface area contributed by atoms with Gasteiger partial charge in [-0.3, -0.25) is 24.0 Å². The average molecular weight is 1400 g/mol. The molecule has 0 spiro atoms. The minimum atomic E-state index is -0.372. The Hall–Kier alpha value is -2.65. The molecule has 0 N–H and O–H groups in total. The molecule has 0 aromatic heterocycles. The van der Waals surface area contributed by atoms with Crippen LogP contribution in [0.3, 0.4) is 0 Å². The highest BCUT2D eigenvalue weighted by atomic mass is 16.6. The van der Waals surface area contributed by atoms with Gasteiger partial charge in [0.15, 0.2) is 0 Å². The summed E-state index contributed by atoms with van der Waals surface area (Å²) in [6, 6.07) is 0. The second kappa shape index (κ2) is 54.1. The van der Waals surface area contributed by atoms with E-state index in [1.807, 2.05) is 173 Å². The largest absolute Gasteiger partial charge is 0.460 e. The summed E-state index contributed by atoms with van der Waals surface area (Å²) in [4.78, 5) is 59.9. The zero-order valence-corrected chi connectivity index (χ0v) is 62.9. The SMILES string of the molecule is C.C.C.C.C.C.C.C.C.C.C.CC.CC.CC.CC.CCC(C)(C)C(=O)OC(C)(C)C.CCC(C)(C)C(=O)OC(C)(C)C1CCCC1.CCC(C)(C)C(=O)OC1(C)CC2CC1C1C3CCC(C3)C21.CCC(C)(C)C(=O)OC1(C)CCCC1.CCC(C)(C)C(=O)OC1(C)CCCCC1. The Kier molecular flexibility index (Phi) is 69.2. The van der Waals surface area contributed by atoms with Gasteiger partial charge in [0.25, 0.3) is 0 Å². The molecule has 10 heteroatoms. The van der Waals surface area contributed by atoms with E-state index in [0.29, 0.717) is 11.8 Å². The zero-order valence-electron chi connectivity index (χ0n) is 62.9. The lowest BCUT2D eigenvalue weighted by atomic mass is 9.66. The van der Waals surface area contributed by atoms with E-state index in [0.717, 1.165) is 93.8 Å². The van der Waals surface area contributed by atoms with E-state index in [1.54, 1.807) is 0 Å². The third-order valence-corrected chi connectivity index (χ3v) is 20.9. The fraction of sp³-hybridized carbons (Fsp3) is 0.943. The molecule has 97 heavy (non-hydrogen) atoms. The standard InChI is InChI=1S/C19H30O2.C14H26O2.C13H24O2.C12H22O2.C10H20O2.4C2H6.11CH4/c1-5-18(2,3)17(20)21-19(4)10-13-9-14(19)16-12-7-6-11(8-12)15(13)16;1-6-13(2,3)12(15)16-14(4,5)11-9-7-8-10-11;1-5-12(2,3)11(14)15-13(4)9-7-6-8-10-13;1-5-11(2,3)10(13)14-12(4)8-6-7-9-12;1-7-10(5,6)8(11)12-9(2,3)4;4*1-2;;;;;;;;;;;/h11-16H,5-10H2,1-4H3;11H,6-10H2,1-5H3;5-10H2,1-4H3;5-9H2,1-4H3;7H2,1-6H3;4*1-2H3;11*1H4. The second-order valence-corrected chi connectivity index (χ2v) is 31.1. The Labute approximate surface area is 615 Å². The molecule has 0 saturated heterocycles. The number of esters is 5. The van der Waals surface area contributed by atoms with Gasteiger partial charge in [-0.05, 0) is 289 Å². The van der Waals surface area contributed by atoms with Gasteiger partial charge in [0.05, 0.1) is 27.1 Å². The first kappa shape index (κ1) is 124. The number of carbonyl (C=O) groups is 5. The molecule has 0 aromatic rings. The summed E-state index contributed by atoms with van der Waals surface area (Å²) in [6.07, 6.45) is 26.1. The van der Waals surface area contributed by atoms with Gasteiger partial charge in [0.2, 0.25) is 0 Å². The Morgan fingerprint density at radius 3 is 0.928 bits per heavy atom. The van der Waals surface area contributed by atoms with Crippen molar-refractivity contribution in [1.82, 2.24) is 0 Å².